The number of halogens is 1. The number of aromatic nitrogens is 3. The van der Waals surface area contributed by atoms with Crippen LogP contribution in [0, 0.1) is 0 Å². The van der Waals surface area contributed by atoms with Gasteiger partial charge in [0.2, 0.25) is 5.95 Å². The summed E-state index contributed by atoms with van der Waals surface area (Å²) in [6, 6.07) is 9.48. The molecule has 0 saturated carbocycles. The van der Waals surface area contributed by atoms with Crippen LogP contribution in [0.15, 0.2) is 42.7 Å². The fourth-order valence-electron chi connectivity index (χ4n) is 5.60. The van der Waals surface area contributed by atoms with Crippen LogP contribution in [-0.4, -0.2) is 79.3 Å². The number of likely N-dealkylation sites (tertiary alicyclic amines) is 1. The standard InChI is InChI=1S/C36H51ClN6O4Si/c1-34(2,3)47-33(44)43-22-36(7,23-45-48(9,10)35(4,5)6)27-19-24(21-39-31(27)43)28-13-16-38-32(40-28)41-29-20-25(37)11-12-30(29)46-26-14-17-42(8)18-15-26/h11-13,16,19-21,26H,14-15,17-18,22-23H2,1-10H3,(H,38,40,41). The van der Waals surface area contributed by atoms with Crippen LogP contribution in [0.2, 0.25) is 23.2 Å². The Balaban J connectivity index is 1.44. The van der Waals surface area contributed by atoms with E-state index >= 15 is 0 Å². The molecule has 4 heterocycles. The van der Waals surface area contributed by atoms with Crippen molar-refractivity contribution in [2.75, 3.05) is 43.5 Å². The molecule has 0 radical (unpaired) electrons. The SMILES string of the molecule is CN1CCC(Oc2ccc(Cl)cc2Nc2nccc(-c3cnc4c(c3)C(C)(CO[Si](C)(C)C(C)(C)C)CN4C(=O)OC(C)(C)C)n2)CC1. The highest BCUT2D eigenvalue weighted by Gasteiger charge is 2.47. The zero-order chi connectivity index (χ0) is 35.1. The lowest BCUT2D eigenvalue weighted by Crippen LogP contribution is -2.46. The second-order valence-corrected chi connectivity index (χ2v) is 21.2. The third-order valence-electron chi connectivity index (χ3n) is 9.55. The second kappa shape index (κ2) is 13.6. The molecule has 5 rings (SSSR count). The first kappa shape index (κ1) is 36.0. The predicted molar refractivity (Wildman–Crippen MR) is 195 cm³/mol. The summed E-state index contributed by atoms with van der Waals surface area (Å²) in [7, 11) is 0.0495. The molecule has 1 amide bonds. The van der Waals surface area contributed by atoms with Crippen molar-refractivity contribution in [2.24, 2.45) is 0 Å². The van der Waals surface area contributed by atoms with Crippen LogP contribution < -0.4 is 15.0 Å². The van der Waals surface area contributed by atoms with Crippen LogP contribution in [-0.2, 0) is 14.6 Å². The van der Waals surface area contributed by atoms with Gasteiger partial charge in [0, 0.05) is 60.2 Å². The summed E-state index contributed by atoms with van der Waals surface area (Å²) in [5, 5.41) is 3.96. The number of carbonyl (C=O) groups excluding carboxylic acids is 1. The zero-order valence-corrected chi connectivity index (χ0v) is 31.9. The van der Waals surface area contributed by atoms with Gasteiger partial charge in [0.15, 0.2) is 8.32 Å². The fourth-order valence-corrected chi connectivity index (χ4v) is 6.88. The molecule has 1 N–H and O–H groups in total. The quantitative estimate of drug-likeness (QED) is 0.233. The van der Waals surface area contributed by atoms with Gasteiger partial charge in [-0.2, -0.15) is 0 Å². The number of nitrogens with one attached hydrogen (secondary N) is 1. The molecule has 1 fully saturated rings. The van der Waals surface area contributed by atoms with E-state index in [-0.39, 0.29) is 11.1 Å². The number of ether oxygens (including phenoxy) is 2. The van der Waals surface area contributed by atoms with Gasteiger partial charge in [-0.15, -0.1) is 0 Å². The molecular formula is C36H51ClN6O4Si. The Hall–Kier alpha value is -3.25. The van der Waals surface area contributed by atoms with Crippen molar-refractivity contribution in [3.63, 3.8) is 0 Å². The molecule has 3 aromatic rings. The molecule has 260 valence electrons. The minimum atomic E-state index is -2.08. The van der Waals surface area contributed by atoms with Gasteiger partial charge in [-0.05, 0) is 89.1 Å². The van der Waals surface area contributed by atoms with E-state index in [9.17, 15) is 4.79 Å². The van der Waals surface area contributed by atoms with E-state index < -0.39 is 25.4 Å². The molecule has 0 aliphatic carbocycles. The number of anilines is 3. The van der Waals surface area contributed by atoms with E-state index in [0.717, 1.165) is 37.1 Å². The first-order valence-electron chi connectivity index (χ1n) is 16.7. The van der Waals surface area contributed by atoms with Gasteiger partial charge in [0.25, 0.3) is 0 Å². The summed E-state index contributed by atoms with van der Waals surface area (Å²) >= 11 is 6.40. The molecule has 2 aliphatic heterocycles. The van der Waals surface area contributed by atoms with Crippen LogP contribution in [0.1, 0.15) is 66.9 Å². The van der Waals surface area contributed by atoms with Crippen molar-refractivity contribution >= 4 is 43.5 Å². The van der Waals surface area contributed by atoms with Crippen molar-refractivity contribution in [1.82, 2.24) is 19.9 Å². The maximum atomic E-state index is 13.4. The zero-order valence-electron chi connectivity index (χ0n) is 30.1. The van der Waals surface area contributed by atoms with E-state index in [1.807, 2.05) is 45.0 Å². The highest BCUT2D eigenvalue weighted by molar-refractivity contribution is 6.74. The Labute approximate surface area is 291 Å². The molecule has 1 atom stereocenters. The van der Waals surface area contributed by atoms with Gasteiger partial charge in [0.1, 0.15) is 23.3 Å². The normalized spacial score (nSPS) is 19.3. The number of hydrogen-bond donors (Lipinski definition) is 1. The molecule has 0 bridgehead atoms. The van der Waals surface area contributed by atoms with E-state index in [4.69, 9.17) is 35.5 Å². The summed E-state index contributed by atoms with van der Waals surface area (Å²) in [6.45, 7) is 21.7. The average Bonchev–Trinajstić information content (AvgIpc) is 3.30. The third kappa shape index (κ3) is 8.30. The molecule has 0 spiro atoms. The van der Waals surface area contributed by atoms with Gasteiger partial charge in [-0.3, -0.25) is 4.90 Å². The lowest BCUT2D eigenvalue weighted by molar-refractivity contribution is 0.0574. The number of carbonyl (C=O) groups is 1. The summed E-state index contributed by atoms with van der Waals surface area (Å²) in [5.74, 6) is 1.70. The highest BCUT2D eigenvalue weighted by atomic mass is 35.5. The third-order valence-corrected chi connectivity index (χ3v) is 14.3. The van der Waals surface area contributed by atoms with Gasteiger partial charge in [-0.25, -0.2) is 19.7 Å². The summed E-state index contributed by atoms with van der Waals surface area (Å²) < 4.78 is 19.0. The molecule has 1 aromatic carbocycles. The number of pyridine rings is 1. The van der Waals surface area contributed by atoms with Crippen LogP contribution in [0.4, 0.5) is 22.2 Å². The van der Waals surface area contributed by atoms with Gasteiger partial charge < -0.3 is 24.1 Å². The van der Waals surface area contributed by atoms with Crippen LogP contribution in [0.25, 0.3) is 11.3 Å². The second-order valence-electron chi connectivity index (χ2n) is 15.9. The molecule has 48 heavy (non-hydrogen) atoms. The van der Waals surface area contributed by atoms with Crippen molar-refractivity contribution in [2.45, 2.75) is 96.6 Å². The Bertz CT molecular complexity index is 1630. The highest BCUT2D eigenvalue weighted by Crippen LogP contribution is 2.44. The predicted octanol–water partition coefficient (Wildman–Crippen LogP) is 8.44. The molecule has 10 nitrogen and oxygen atoms in total. The van der Waals surface area contributed by atoms with Gasteiger partial charge in [-0.1, -0.05) is 39.3 Å². The van der Waals surface area contributed by atoms with Crippen molar-refractivity contribution in [3.8, 4) is 17.0 Å². The molecular weight excluding hydrogens is 644 g/mol. The molecule has 2 aliphatic rings. The molecule has 1 saturated heterocycles. The molecule has 12 heteroatoms. The lowest BCUT2D eigenvalue weighted by Gasteiger charge is -2.39. The Morgan fingerprint density at radius 2 is 1.79 bits per heavy atom. The summed E-state index contributed by atoms with van der Waals surface area (Å²) in [5.41, 5.74) is 1.96. The summed E-state index contributed by atoms with van der Waals surface area (Å²) in [4.78, 5) is 31.6. The van der Waals surface area contributed by atoms with Gasteiger partial charge >= 0.3 is 6.09 Å². The van der Waals surface area contributed by atoms with Crippen LogP contribution >= 0.6 is 11.6 Å². The minimum absolute atomic E-state index is 0.0428. The lowest BCUT2D eigenvalue weighted by atomic mass is 9.85. The Morgan fingerprint density at radius 3 is 2.46 bits per heavy atom. The van der Waals surface area contributed by atoms with Crippen molar-refractivity contribution < 1.29 is 18.7 Å². The number of rotatable bonds is 8. The number of nitrogens with zero attached hydrogens (tertiary/aromatic N) is 5. The maximum absolute atomic E-state index is 13.4. The number of benzene rings is 1. The fraction of sp³-hybridized carbons (Fsp3) is 0.556. The van der Waals surface area contributed by atoms with Crippen LogP contribution in [0.5, 0.6) is 5.75 Å². The molecule has 1 unspecified atom stereocenters. The first-order chi connectivity index (χ1) is 22.3. The number of hydrogen-bond acceptors (Lipinski definition) is 9. The largest absolute Gasteiger partial charge is 0.488 e. The Kier molecular flexibility index (Phi) is 10.2. The van der Waals surface area contributed by atoms with Crippen molar-refractivity contribution in [3.05, 3.63) is 53.3 Å². The number of piperidine rings is 1. The number of amides is 1. The van der Waals surface area contributed by atoms with Crippen molar-refractivity contribution in [1.29, 1.82) is 0 Å². The van der Waals surface area contributed by atoms with E-state index in [1.165, 1.54) is 0 Å². The minimum Gasteiger partial charge on any atom is -0.488 e. The van der Waals surface area contributed by atoms with E-state index in [2.05, 4.69) is 69.1 Å². The maximum Gasteiger partial charge on any atom is 0.416 e. The molecule has 2 aromatic heterocycles. The van der Waals surface area contributed by atoms with E-state index in [0.29, 0.717) is 47.1 Å². The number of fused-ring (bicyclic) bond motifs is 1. The van der Waals surface area contributed by atoms with E-state index in [1.54, 1.807) is 17.3 Å². The monoisotopic (exact) mass is 694 g/mol. The van der Waals surface area contributed by atoms with Crippen LogP contribution in [0.3, 0.4) is 0 Å². The summed E-state index contributed by atoms with van der Waals surface area (Å²) in [6.07, 6.45) is 5.09. The average molecular weight is 695 g/mol. The smallest absolute Gasteiger partial charge is 0.416 e. The first-order valence-corrected chi connectivity index (χ1v) is 20.0. The van der Waals surface area contributed by atoms with Gasteiger partial charge in [0.05, 0.1) is 11.4 Å². The topological polar surface area (TPSA) is 102 Å². The Morgan fingerprint density at radius 1 is 1.08 bits per heavy atom.